The van der Waals surface area contributed by atoms with Crippen molar-refractivity contribution in [2.75, 3.05) is 11.5 Å². The van der Waals surface area contributed by atoms with E-state index in [-0.39, 0.29) is 5.82 Å². The van der Waals surface area contributed by atoms with E-state index in [0.29, 0.717) is 22.8 Å². The predicted octanol–water partition coefficient (Wildman–Crippen LogP) is 2.64. The lowest BCUT2D eigenvalue weighted by atomic mass is 10.2. The van der Waals surface area contributed by atoms with Crippen LogP contribution in [0.4, 0.5) is 10.1 Å². The van der Waals surface area contributed by atoms with Gasteiger partial charge >= 0.3 is 0 Å². The Balaban J connectivity index is 2.39. The van der Waals surface area contributed by atoms with Gasteiger partial charge in [0, 0.05) is 11.5 Å². The smallest absolute Gasteiger partial charge is 0.126 e. The maximum atomic E-state index is 12.9. The maximum Gasteiger partial charge on any atom is 0.126 e. The molecule has 0 aromatic heterocycles. The molecule has 0 N–H and O–H groups in total. The molecule has 1 aromatic rings. The first kappa shape index (κ1) is 9.65. The Kier molecular flexibility index (Phi) is 2.31. The van der Waals surface area contributed by atoms with Crippen LogP contribution >= 0.6 is 0 Å². The number of benzene rings is 1. The molecule has 4 heteroatoms. The molecule has 0 atom stereocenters. The first-order chi connectivity index (χ1) is 6.59. The molecule has 0 unspecified atom stereocenters. The van der Waals surface area contributed by atoms with Crippen molar-refractivity contribution in [3.63, 3.8) is 0 Å². The molecule has 0 amide bonds. The van der Waals surface area contributed by atoms with Crippen LogP contribution in [0.2, 0.25) is 0 Å². The Labute approximate surface area is 83.3 Å². The molecular weight excluding hydrogens is 201 g/mol. The van der Waals surface area contributed by atoms with Crippen molar-refractivity contribution in [1.82, 2.24) is 0 Å². The summed E-state index contributed by atoms with van der Waals surface area (Å²) >= 11 is 0. The Morgan fingerprint density at radius 3 is 2.64 bits per heavy atom. The van der Waals surface area contributed by atoms with Crippen molar-refractivity contribution in [2.45, 2.75) is 13.3 Å². The highest BCUT2D eigenvalue weighted by Gasteiger charge is 2.19. The van der Waals surface area contributed by atoms with Crippen LogP contribution in [0.1, 0.15) is 12.0 Å². The summed E-state index contributed by atoms with van der Waals surface area (Å²) in [6, 6.07) is 4.59. The van der Waals surface area contributed by atoms with Gasteiger partial charge in [0.1, 0.15) is 5.82 Å². The van der Waals surface area contributed by atoms with Gasteiger partial charge < -0.3 is 0 Å². The summed E-state index contributed by atoms with van der Waals surface area (Å²) in [6.45, 7) is 1.68. The summed E-state index contributed by atoms with van der Waals surface area (Å²) in [6.07, 6.45) is 0.989. The van der Waals surface area contributed by atoms with Gasteiger partial charge in [-0.15, -0.1) is 0 Å². The third-order valence-corrected chi connectivity index (χ3v) is 4.74. The normalized spacial score (nSPS) is 18.7. The summed E-state index contributed by atoms with van der Waals surface area (Å²) in [4.78, 5) is 0. The van der Waals surface area contributed by atoms with Crippen molar-refractivity contribution >= 4 is 15.4 Å². The lowest BCUT2D eigenvalue weighted by Gasteiger charge is -2.17. The standard InChI is InChI=1S/C10H12FNOS/c1-8-7-9(3-4-10(8)11)12-14(13)5-2-6-14/h3-4,7H,2,5-6H2,1H3. The van der Waals surface area contributed by atoms with Crippen LogP contribution in [0, 0.1) is 12.7 Å². The molecule has 0 bridgehead atoms. The second-order valence-corrected chi connectivity index (χ2v) is 6.10. The fraction of sp³-hybridized carbons (Fsp3) is 0.400. The van der Waals surface area contributed by atoms with Crippen LogP contribution in [0.15, 0.2) is 22.6 Å². The van der Waals surface area contributed by atoms with Gasteiger partial charge in [-0.05, 0) is 37.1 Å². The van der Waals surface area contributed by atoms with Crippen LogP contribution in [-0.2, 0) is 9.73 Å². The molecule has 1 saturated heterocycles. The quantitative estimate of drug-likeness (QED) is 0.705. The van der Waals surface area contributed by atoms with Crippen molar-refractivity contribution in [3.8, 4) is 0 Å². The zero-order valence-corrected chi connectivity index (χ0v) is 8.81. The molecule has 1 heterocycles. The van der Waals surface area contributed by atoms with E-state index in [4.69, 9.17) is 0 Å². The van der Waals surface area contributed by atoms with Gasteiger partial charge in [0.25, 0.3) is 0 Å². The molecular formula is C10H12FNOS. The average Bonchev–Trinajstić information content (AvgIpc) is 2.09. The van der Waals surface area contributed by atoms with Gasteiger partial charge in [0.05, 0.1) is 15.4 Å². The molecule has 1 aromatic carbocycles. The Hall–Kier alpha value is -0.900. The highest BCUT2D eigenvalue weighted by molar-refractivity contribution is 7.95. The van der Waals surface area contributed by atoms with Crippen molar-refractivity contribution < 1.29 is 8.60 Å². The summed E-state index contributed by atoms with van der Waals surface area (Å²) < 4.78 is 28.8. The van der Waals surface area contributed by atoms with Gasteiger partial charge in [-0.25, -0.2) is 8.60 Å². The molecule has 14 heavy (non-hydrogen) atoms. The lowest BCUT2D eigenvalue weighted by Crippen LogP contribution is -2.22. The summed E-state index contributed by atoms with van der Waals surface area (Å²) in [5, 5.41) is 0. The average molecular weight is 213 g/mol. The van der Waals surface area contributed by atoms with Crippen molar-refractivity contribution in [1.29, 1.82) is 0 Å². The molecule has 0 aliphatic carbocycles. The van der Waals surface area contributed by atoms with Gasteiger partial charge in [0.15, 0.2) is 0 Å². The number of nitrogens with zero attached hydrogens (tertiary/aromatic N) is 1. The molecule has 0 radical (unpaired) electrons. The minimum atomic E-state index is -1.97. The fourth-order valence-electron chi connectivity index (χ4n) is 1.36. The Bertz CT molecular complexity index is 465. The minimum absolute atomic E-state index is 0.243. The Morgan fingerprint density at radius 1 is 1.43 bits per heavy atom. The van der Waals surface area contributed by atoms with E-state index in [1.165, 1.54) is 6.07 Å². The molecule has 76 valence electrons. The van der Waals surface area contributed by atoms with E-state index in [0.717, 1.165) is 6.42 Å². The van der Waals surface area contributed by atoms with Crippen LogP contribution in [-0.4, -0.2) is 15.7 Å². The zero-order valence-electron chi connectivity index (χ0n) is 8.00. The summed E-state index contributed by atoms with van der Waals surface area (Å²) in [7, 11) is -1.97. The van der Waals surface area contributed by atoms with Crippen molar-refractivity contribution in [3.05, 3.63) is 29.6 Å². The van der Waals surface area contributed by atoms with Gasteiger partial charge in [-0.3, -0.25) is 0 Å². The minimum Gasteiger partial charge on any atom is -0.249 e. The van der Waals surface area contributed by atoms with E-state index in [1.54, 1.807) is 19.1 Å². The fourth-order valence-corrected chi connectivity index (χ4v) is 2.82. The second-order valence-electron chi connectivity index (χ2n) is 3.56. The SMILES string of the molecule is Cc1cc(N=S2(=O)CCC2)ccc1F. The van der Waals surface area contributed by atoms with Gasteiger partial charge in [0.2, 0.25) is 0 Å². The zero-order chi connectivity index (χ0) is 10.2. The van der Waals surface area contributed by atoms with E-state index in [9.17, 15) is 8.60 Å². The van der Waals surface area contributed by atoms with E-state index in [2.05, 4.69) is 4.36 Å². The topological polar surface area (TPSA) is 29.4 Å². The molecule has 2 rings (SSSR count). The Morgan fingerprint density at radius 2 is 2.14 bits per heavy atom. The first-order valence-corrected chi connectivity index (χ1v) is 6.43. The first-order valence-electron chi connectivity index (χ1n) is 4.58. The number of hydrogen-bond acceptors (Lipinski definition) is 2. The molecule has 1 fully saturated rings. The summed E-state index contributed by atoms with van der Waals surface area (Å²) in [5.41, 5.74) is 1.18. The number of rotatable bonds is 1. The molecule has 2 nitrogen and oxygen atoms in total. The van der Waals surface area contributed by atoms with Crippen molar-refractivity contribution in [2.24, 2.45) is 4.36 Å². The maximum absolute atomic E-state index is 12.9. The van der Waals surface area contributed by atoms with Gasteiger partial charge in [-0.2, -0.15) is 4.36 Å². The number of halogens is 1. The largest absolute Gasteiger partial charge is 0.249 e. The van der Waals surface area contributed by atoms with Crippen LogP contribution in [0.5, 0.6) is 0 Å². The third kappa shape index (κ3) is 1.80. The second kappa shape index (κ2) is 3.35. The molecule has 0 saturated carbocycles. The molecule has 1 aliphatic rings. The number of hydrogen-bond donors (Lipinski definition) is 0. The highest BCUT2D eigenvalue weighted by atomic mass is 32.2. The van der Waals surface area contributed by atoms with E-state index >= 15 is 0 Å². The van der Waals surface area contributed by atoms with E-state index < -0.39 is 9.73 Å². The third-order valence-electron chi connectivity index (χ3n) is 2.34. The molecule has 1 aliphatic heterocycles. The highest BCUT2D eigenvalue weighted by Crippen LogP contribution is 2.22. The molecule has 0 spiro atoms. The predicted molar refractivity (Wildman–Crippen MR) is 55.7 cm³/mol. The number of aryl methyl sites for hydroxylation is 1. The van der Waals surface area contributed by atoms with Crippen LogP contribution < -0.4 is 0 Å². The monoisotopic (exact) mass is 213 g/mol. The van der Waals surface area contributed by atoms with Crippen LogP contribution in [0.3, 0.4) is 0 Å². The summed E-state index contributed by atoms with van der Waals surface area (Å²) in [5.74, 6) is 1.12. The van der Waals surface area contributed by atoms with Gasteiger partial charge in [-0.1, -0.05) is 0 Å². The van der Waals surface area contributed by atoms with E-state index in [1.807, 2.05) is 0 Å². The lowest BCUT2D eigenvalue weighted by molar-refractivity contribution is 0.618. The van der Waals surface area contributed by atoms with Crippen LogP contribution in [0.25, 0.3) is 0 Å².